The summed E-state index contributed by atoms with van der Waals surface area (Å²) < 4.78 is 4.75. The van der Waals surface area contributed by atoms with Gasteiger partial charge in [0.25, 0.3) is 11.5 Å². The van der Waals surface area contributed by atoms with Crippen LogP contribution in [0.4, 0.5) is 0 Å². The zero-order chi connectivity index (χ0) is 15.7. The number of likely N-dealkylation sites (tertiary alicyclic amines) is 1. The number of esters is 1. The third-order valence-electron chi connectivity index (χ3n) is 4.09. The van der Waals surface area contributed by atoms with Gasteiger partial charge in [-0.2, -0.15) is 5.10 Å². The number of aryl methyl sites for hydroxylation is 1. The second-order valence-corrected chi connectivity index (χ2v) is 5.46. The first-order chi connectivity index (χ1) is 9.86. The predicted molar refractivity (Wildman–Crippen MR) is 74.9 cm³/mol. The Morgan fingerprint density at radius 2 is 2.00 bits per heavy atom. The summed E-state index contributed by atoms with van der Waals surface area (Å²) in [4.78, 5) is 37.7. The van der Waals surface area contributed by atoms with Crippen molar-refractivity contribution in [3.05, 3.63) is 27.2 Å². The summed E-state index contributed by atoms with van der Waals surface area (Å²) in [6, 6.07) is 0. The maximum absolute atomic E-state index is 12.6. The van der Waals surface area contributed by atoms with Gasteiger partial charge in [0.15, 0.2) is 0 Å². The lowest BCUT2D eigenvalue weighted by atomic mass is 9.99. The van der Waals surface area contributed by atoms with Crippen molar-refractivity contribution < 1.29 is 14.3 Å². The van der Waals surface area contributed by atoms with Crippen molar-refractivity contribution in [2.75, 3.05) is 20.2 Å². The summed E-state index contributed by atoms with van der Waals surface area (Å²) in [7, 11) is 1.33. The molecule has 0 aliphatic carbocycles. The Kier molecular flexibility index (Phi) is 4.11. The molecule has 1 aliphatic rings. The van der Waals surface area contributed by atoms with Crippen LogP contribution >= 0.6 is 0 Å². The third kappa shape index (κ3) is 2.68. The van der Waals surface area contributed by atoms with Gasteiger partial charge in [-0.3, -0.25) is 14.4 Å². The van der Waals surface area contributed by atoms with Crippen LogP contribution in [0.3, 0.4) is 0 Å². The Morgan fingerprint density at radius 1 is 1.33 bits per heavy atom. The van der Waals surface area contributed by atoms with Gasteiger partial charge in [-0.15, -0.1) is 0 Å². The quantitative estimate of drug-likeness (QED) is 0.790. The summed E-state index contributed by atoms with van der Waals surface area (Å²) in [6.45, 7) is 6.02. The summed E-state index contributed by atoms with van der Waals surface area (Å²) in [5.41, 5.74) is 0.769. The number of H-pyrrole nitrogens is 1. The third-order valence-corrected chi connectivity index (χ3v) is 4.09. The fourth-order valence-electron chi connectivity index (χ4n) is 2.63. The minimum Gasteiger partial charge on any atom is -0.469 e. The van der Waals surface area contributed by atoms with E-state index in [0.717, 1.165) is 0 Å². The number of ether oxygens (including phenoxy) is 1. The summed E-state index contributed by atoms with van der Waals surface area (Å²) >= 11 is 0. The van der Waals surface area contributed by atoms with Crippen LogP contribution in [0.25, 0.3) is 0 Å². The smallest absolute Gasteiger partial charge is 0.310 e. The van der Waals surface area contributed by atoms with Crippen molar-refractivity contribution in [2.45, 2.75) is 20.8 Å². The normalized spacial score (nSPS) is 21.4. The number of nitrogens with zero attached hydrogens (tertiary/aromatic N) is 2. The Bertz CT molecular complexity index is 638. The van der Waals surface area contributed by atoms with E-state index in [1.807, 2.05) is 6.92 Å². The highest BCUT2D eigenvalue weighted by atomic mass is 16.5. The molecule has 2 heterocycles. The summed E-state index contributed by atoms with van der Waals surface area (Å²) in [5, 5.41) is 6.16. The van der Waals surface area contributed by atoms with Gasteiger partial charge in [0.05, 0.1) is 18.7 Å². The monoisotopic (exact) mass is 293 g/mol. The van der Waals surface area contributed by atoms with E-state index in [0.29, 0.717) is 17.8 Å². The molecule has 2 atom stereocenters. The van der Waals surface area contributed by atoms with Crippen LogP contribution in [-0.2, 0) is 9.53 Å². The van der Waals surface area contributed by atoms with Crippen molar-refractivity contribution in [1.29, 1.82) is 0 Å². The second-order valence-electron chi connectivity index (χ2n) is 5.46. The number of rotatable bonds is 2. The molecule has 0 saturated carbocycles. The number of carbonyl (C=O) groups is 2. The van der Waals surface area contributed by atoms with Crippen LogP contribution in [0.1, 0.15) is 28.5 Å². The highest BCUT2D eigenvalue weighted by Gasteiger charge is 2.38. The van der Waals surface area contributed by atoms with Gasteiger partial charge in [-0.1, -0.05) is 6.92 Å². The minimum absolute atomic E-state index is 0.00345. The first-order valence-electron chi connectivity index (χ1n) is 6.79. The lowest BCUT2D eigenvalue weighted by Gasteiger charge is -2.17. The van der Waals surface area contributed by atoms with E-state index < -0.39 is 5.56 Å². The largest absolute Gasteiger partial charge is 0.469 e. The van der Waals surface area contributed by atoms with Gasteiger partial charge in [-0.05, 0) is 25.3 Å². The van der Waals surface area contributed by atoms with Gasteiger partial charge in [0, 0.05) is 13.1 Å². The number of aromatic nitrogens is 2. The van der Waals surface area contributed by atoms with E-state index in [-0.39, 0.29) is 35.8 Å². The van der Waals surface area contributed by atoms with Crippen molar-refractivity contribution in [2.24, 2.45) is 11.8 Å². The van der Waals surface area contributed by atoms with Crippen molar-refractivity contribution in [1.82, 2.24) is 15.1 Å². The fraction of sp³-hybridized carbons (Fsp3) is 0.571. The number of carbonyl (C=O) groups excluding carboxylic acids is 2. The molecule has 1 aromatic rings. The Hall–Kier alpha value is -2.18. The molecule has 114 valence electrons. The number of nitrogens with one attached hydrogen (secondary N) is 1. The van der Waals surface area contributed by atoms with Crippen LogP contribution in [0.5, 0.6) is 0 Å². The molecular formula is C14H19N3O4. The average Bonchev–Trinajstić information content (AvgIpc) is 2.84. The molecule has 1 aliphatic heterocycles. The fourth-order valence-corrected chi connectivity index (χ4v) is 2.63. The van der Waals surface area contributed by atoms with E-state index in [1.165, 1.54) is 12.0 Å². The van der Waals surface area contributed by atoms with Gasteiger partial charge >= 0.3 is 5.97 Å². The standard InChI is InChI=1S/C14H19N3O4/c1-7-5-17(6-10(7)14(20)21-4)13(19)11-8(2)9(3)15-16-12(11)18/h7,10H,5-6H2,1-4H3,(H,16,18). The molecule has 2 rings (SSSR count). The molecular weight excluding hydrogens is 274 g/mol. The molecule has 0 radical (unpaired) electrons. The van der Waals surface area contributed by atoms with Gasteiger partial charge in [-0.25, -0.2) is 5.10 Å². The molecule has 7 heteroatoms. The maximum atomic E-state index is 12.6. The molecule has 1 fully saturated rings. The molecule has 2 unspecified atom stereocenters. The first kappa shape index (κ1) is 15.2. The van der Waals surface area contributed by atoms with Crippen LogP contribution in [0, 0.1) is 25.7 Å². The van der Waals surface area contributed by atoms with Crippen LogP contribution in [0.2, 0.25) is 0 Å². The van der Waals surface area contributed by atoms with E-state index in [9.17, 15) is 14.4 Å². The van der Waals surface area contributed by atoms with Crippen LogP contribution in [-0.4, -0.2) is 47.2 Å². The maximum Gasteiger partial charge on any atom is 0.310 e. The molecule has 1 aromatic heterocycles. The second kappa shape index (κ2) is 5.67. The number of amides is 1. The first-order valence-corrected chi connectivity index (χ1v) is 6.79. The van der Waals surface area contributed by atoms with Crippen molar-refractivity contribution >= 4 is 11.9 Å². The zero-order valence-electron chi connectivity index (χ0n) is 12.6. The van der Waals surface area contributed by atoms with Crippen LogP contribution < -0.4 is 5.56 Å². The molecule has 1 amide bonds. The van der Waals surface area contributed by atoms with Gasteiger partial charge < -0.3 is 9.64 Å². The average molecular weight is 293 g/mol. The zero-order valence-corrected chi connectivity index (χ0v) is 12.6. The van der Waals surface area contributed by atoms with E-state index >= 15 is 0 Å². The Balaban J connectivity index is 2.29. The number of methoxy groups -OCH3 is 1. The van der Waals surface area contributed by atoms with Crippen molar-refractivity contribution in [3.63, 3.8) is 0 Å². The highest BCUT2D eigenvalue weighted by Crippen LogP contribution is 2.25. The van der Waals surface area contributed by atoms with E-state index in [2.05, 4.69) is 10.2 Å². The van der Waals surface area contributed by atoms with Crippen molar-refractivity contribution in [3.8, 4) is 0 Å². The summed E-state index contributed by atoms with van der Waals surface area (Å²) in [5.74, 6) is -1.03. The summed E-state index contributed by atoms with van der Waals surface area (Å²) in [6.07, 6.45) is 0. The van der Waals surface area contributed by atoms with E-state index in [4.69, 9.17) is 4.74 Å². The topological polar surface area (TPSA) is 92.4 Å². The lowest BCUT2D eigenvalue weighted by molar-refractivity contribution is -0.146. The van der Waals surface area contributed by atoms with Crippen LogP contribution in [0.15, 0.2) is 4.79 Å². The number of aromatic amines is 1. The lowest BCUT2D eigenvalue weighted by Crippen LogP contribution is -2.35. The Labute approximate surface area is 122 Å². The SMILES string of the molecule is COC(=O)C1CN(C(=O)c2c(C)c(C)n[nH]c2=O)CC1C. The predicted octanol–water partition coefficient (Wildman–Crippen LogP) is 0.268. The molecule has 0 aromatic carbocycles. The number of hydrogen-bond donors (Lipinski definition) is 1. The molecule has 1 N–H and O–H groups in total. The van der Waals surface area contributed by atoms with Gasteiger partial charge in [0.2, 0.25) is 0 Å². The van der Waals surface area contributed by atoms with E-state index in [1.54, 1.807) is 13.8 Å². The molecule has 21 heavy (non-hydrogen) atoms. The highest BCUT2D eigenvalue weighted by molar-refractivity contribution is 5.96. The molecule has 7 nitrogen and oxygen atoms in total. The molecule has 1 saturated heterocycles. The molecule has 0 bridgehead atoms. The Morgan fingerprint density at radius 3 is 2.62 bits per heavy atom. The van der Waals surface area contributed by atoms with Gasteiger partial charge in [0.1, 0.15) is 5.56 Å². The number of hydrogen-bond acceptors (Lipinski definition) is 5. The molecule has 0 spiro atoms. The minimum atomic E-state index is -0.503.